The van der Waals surface area contributed by atoms with Crippen molar-refractivity contribution >= 4 is 27.3 Å². The highest BCUT2D eigenvalue weighted by atomic mass is 79.9. The Bertz CT molecular complexity index is 277. The third-order valence-corrected chi connectivity index (χ3v) is 4.27. The summed E-state index contributed by atoms with van der Waals surface area (Å²) in [4.78, 5) is 4.29. The molecule has 1 fully saturated rings. The van der Waals surface area contributed by atoms with Gasteiger partial charge in [0.15, 0.2) is 0 Å². The summed E-state index contributed by atoms with van der Waals surface area (Å²) in [6, 6.07) is 0. The molecule has 1 aromatic rings. The number of aliphatic hydroxyl groups excluding tert-OH is 1. The Labute approximate surface area is 83.8 Å². The fourth-order valence-electron chi connectivity index (χ4n) is 1.54. The summed E-state index contributed by atoms with van der Waals surface area (Å²) in [6.07, 6.45) is 5.21. The van der Waals surface area contributed by atoms with E-state index in [0.717, 1.165) is 21.6 Å². The van der Waals surface area contributed by atoms with Gasteiger partial charge in [-0.05, 0) is 28.8 Å². The van der Waals surface area contributed by atoms with Crippen LogP contribution in [0.2, 0.25) is 0 Å². The first-order valence-corrected chi connectivity index (χ1v) is 5.60. The Morgan fingerprint density at radius 2 is 2.42 bits per heavy atom. The van der Waals surface area contributed by atoms with Gasteiger partial charge in [-0.25, -0.2) is 4.98 Å². The van der Waals surface area contributed by atoms with Crippen molar-refractivity contribution < 1.29 is 5.11 Å². The molecule has 0 bridgehead atoms. The van der Waals surface area contributed by atoms with E-state index >= 15 is 0 Å². The lowest BCUT2D eigenvalue weighted by molar-refractivity contribution is 0.120. The van der Waals surface area contributed by atoms with Crippen molar-refractivity contribution in [3.63, 3.8) is 0 Å². The second kappa shape index (κ2) is 3.09. The van der Waals surface area contributed by atoms with Crippen molar-refractivity contribution in [2.45, 2.75) is 24.7 Å². The van der Waals surface area contributed by atoms with Crippen molar-refractivity contribution in [2.75, 3.05) is 6.61 Å². The van der Waals surface area contributed by atoms with Crippen molar-refractivity contribution in [1.29, 1.82) is 0 Å². The molecule has 1 aliphatic rings. The SMILES string of the molecule is OCC1(c2ncc(Br)s2)CCC1. The van der Waals surface area contributed by atoms with E-state index in [-0.39, 0.29) is 12.0 Å². The van der Waals surface area contributed by atoms with Crippen molar-refractivity contribution in [3.05, 3.63) is 15.0 Å². The molecule has 0 atom stereocenters. The fraction of sp³-hybridized carbons (Fsp3) is 0.625. The normalized spacial score (nSPS) is 20.5. The summed E-state index contributed by atoms with van der Waals surface area (Å²) in [5.41, 5.74) is 0.0106. The summed E-state index contributed by atoms with van der Waals surface area (Å²) >= 11 is 5.02. The van der Waals surface area contributed by atoms with Crippen LogP contribution in [-0.2, 0) is 5.41 Å². The van der Waals surface area contributed by atoms with Crippen LogP contribution in [0.4, 0.5) is 0 Å². The molecule has 66 valence electrons. The van der Waals surface area contributed by atoms with Gasteiger partial charge < -0.3 is 5.11 Å². The molecule has 1 aliphatic carbocycles. The quantitative estimate of drug-likeness (QED) is 0.871. The molecule has 0 amide bonds. The van der Waals surface area contributed by atoms with Crippen LogP contribution in [0.25, 0.3) is 0 Å². The molecule has 1 saturated carbocycles. The van der Waals surface area contributed by atoms with E-state index in [9.17, 15) is 5.11 Å². The molecule has 1 N–H and O–H groups in total. The molecule has 1 heterocycles. The Hall–Kier alpha value is 0.0700. The van der Waals surface area contributed by atoms with E-state index in [1.54, 1.807) is 11.3 Å². The van der Waals surface area contributed by atoms with Crippen LogP contribution in [0.1, 0.15) is 24.3 Å². The van der Waals surface area contributed by atoms with Gasteiger partial charge in [0.2, 0.25) is 0 Å². The Balaban J connectivity index is 2.27. The number of thiazole rings is 1. The molecule has 0 unspecified atom stereocenters. The van der Waals surface area contributed by atoms with Gasteiger partial charge in [-0.2, -0.15) is 0 Å². The predicted molar refractivity (Wildman–Crippen MR) is 52.4 cm³/mol. The lowest BCUT2D eigenvalue weighted by atomic mass is 9.70. The second-order valence-electron chi connectivity index (χ2n) is 3.26. The lowest BCUT2D eigenvalue weighted by Gasteiger charge is -2.38. The lowest BCUT2D eigenvalue weighted by Crippen LogP contribution is -2.37. The molecule has 0 radical (unpaired) electrons. The standard InChI is InChI=1S/C8H10BrNOS/c9-6-4-10-7(12-6)8(5-11)2-1-3-8/h4,11H,1-3,5H2. The number of halogens is 1. The van der Waals surface area contributed by atoms with Crippen LogP contribution in [0, 0.1) is 0 Å². The number of aromatic nitrogens is 1. The van der Waals surface area contributed by atoms with Crippen LogP contribution >= 0.6 is 27.3 Å². The minimum atomic E-state index is 0.0106. The Kier molecular flexibility index (Phi) is 2.23. The maximum absolute atomic E-state index is 9.25. The minimum absolute atomic E-state index is 0.0106. The molecule has 12 heavy (non-hydrogen) atoms. The zero-order valence-electron chi connectivity index (χ0n) is 6.59. The van der Waals surface area contributed by atoms with Crippen LogP contribution in [-0.4, -0.2) is 16.7 Å². The van der Waals surface area contributed by atoms with E-state index in [1.807, 2.05) is 6.20 Å². The summed E-state index contributed by atoms with van der Waals surface area (Å²) in [7, 11) is 0. The van der Waals surface area contributed by atoms with Gasteiger partial charge in [0.25, 0.3) is 0 Å². The number of hydrogen-bond acceptors (Lipinski definition) is 3. The second-order valence-corrected chi connectivity index (χ2v) is 5.67. The zero-order chi connectivity index (χ0) is 8.60. The highest BCUT2D eigenvalue weighted by molar-refractivity contribution is 9.11. The number of rotatable bonds is 2. The maximum Gasteiger partial charge on any atom is 0.102 e. The monoisotopic (exact) mass is 247 g/mol. The molecular formula is C8H10BrNOS. The molecule has 0 aliphatic heterocycles. The molecule has 2 nitrogen and oxygen atoms in total. The smallest absolute Gasteiger partial charge is 0.102 e. The van der Waals surface area contributed by atoms with Gasteiger partial charge >= 0.3 is 0 Å². The van der Waals surface area contributed by atoms with Gasteiger partial charge in [0, 0.05) is 5.41 Å². The first-order valence-electron chi connectivity index (χ1n) is 3.99. The first kappa shape index (κ1) is 8.66. The van der Waals surface area contributed by atoms with Crippen molar-refractivity contribution in [3.8, 4) is 0 Å². The van der Waals surface area contributed by atoms with Crippen molar-refractivity contribution in [1.82, 2.24) is 4.98 Å². The highest BCUT2D eigenvalue weighted by Crippen LogP contribution is 2.45. The fourth-order valence-corrected chi connectivity index (χ4v) is 2.99. The topological polar surface area (TPSA) is 33.1 Å². The van der Waals surface area contributed by atoms with Gasteiger partial charge in [-0.3, -0.25) is 0 Å². The molecular weight excluding hydrogens is 238 g/mol. The van der Waals surface area contributed by atoms with Gasteiger partial charge in [0.05, 0.1) is 16.6 Å². The van der Waals surface area contributed by atoms with Gasteiger partial charge in [-0.1, -0.05) is 6.42 Å². The maximum atomic E-state index is 9.25. The van der Waals surface area contributed by atoms with E-state index in [4.69, 9.17) is 0 Å². The van der Waals surface area contributed by atoms with Gasteiger partial charge in [-0.15, -0.1) is 11.3 Å². The average Bonchev–Trinajstić information content (AvgIpc) is 2.35. The average molecular weight is 248 g/mol. The Morgan fingerprint density at radius 3 is 2.75 bits per heavy atom. The molecule has 2 rings (SSSR count). The molecule has 4 heteroatoms. The Morgan fingerprint density at radius 1 is 1.67 bits per heavy atom. The third kappa shape index (κ3) is 1.22. The van der Waals surface area contributed by atoms with E-state index in [1.165, 1.54) is 6.42 Å². The van der Waals surface area contributed by atoms with Gasteiger partial charge in [0.1, 0.15) is 5.01 Å². The number of hydrogen-bond donors (Lipinski definition) is 1. The summed E-state index contributed by atoms with van der Waals surface area (Å²) in [5, 5.41) is 10.3. The summed E-state index contributed by atoms with van der Waals surface area (Å²) < 4.78 is 1.05. The van der Waals surface area contributed by atoms with E-state index in [2.05, 4.69) is 20.9 Å². The molecule has 0 aromatic carbocycles. The van der Waals surface area contributed by atoms with Crippen LogP contribution < -0.4 is 0 Å². The third-order valence-electron chi connectivity index (χ3n) is 2.54. The number of nitrogens with zero attached hydrogens (tertiary/aromatic N) is 1. The number of aliphatic hydroxyl groups is 1. The first-order chi connectivity index (χ1) is 5.77. The van der Waals surface area contributed by atoms with E-state index in [0.29, 0.717) is 0 Å². The predicted octanol–water partition coefficient (Wildman–Crippen LogP) is 2.32. The minimum Gasteiger partial charge on any atom is -0.395 e. The van der Waals surface area contributed by atoms with Crippen molar-refractivity contribution in [2.24, 2.45) is 0 Å². The molecule has 1 aromatic heterocycles. The highest BCUT2D eigenvalue weighted by Gasteiger charge is 2.40. The van der Waals surface area contributed by atoms with Crippen LogP contribution in [0.5, 0.6) is 0 Å². The van der Waals surface area contributed by atoms with Crippen LogP contribution in [0.3, 0.4) is 0 Å². The molecule has 0 saturated heterocycles. The van der Waals surface area contributed by atoms with Crippen LogP contribution in [0.15, 0.2) is 9.98 Å². The summed E-state index contributed by atoms with van der Waals surface area (Å²) in [5.74, 6) is 0. The largest absolute Gasteiger partial charge is 0.395 e. The zero-order valence-corrected chi connectivity index (χ0v) is 8.99. The van der Waals surface area contributed by atoms with E-state index < -0.39 is 0 Å². The molecule has 0 spiro atoms. The summed E-state index contributed by atoms with van der Waals surface area (Å²) in [6.45, 7) is 0.243.